The minimum absolute atomic E-state index is 0.254. The average Bonchev–Trinajstić information content (AvgIpc) is 3.09. The minimum Gasteiger partial charge on any atom is -0.493 e. The van der Waals surface area contributed by atoms with Crippen LogP contribution in [0.5, 0.6) is 11.5 Å². The molecule has 2 aromatic carbocycles. The Kier molecular flexibility index (Phi) is 6.48. The lowest BCUT2D eigenvalue weighted by Crippen LogP contribution is -2.19. The number of thiazole rings is 1. The largest absolute Gasteiger partial charge is 0.493 e. The second-order valence-corrected chi connectivity index (χ2v) is 7.04. The third kappa shape index (κ3) is 5.03. The predicted octanol–water partition coefficient (Wildman–Crippen LogP) is 4.50. The summed E-state index contributed by atoms with van der Waals surface area (Å²) in [6, 6.07) is 9.80. The van der Waals surface area contributed by atoms with E-state index >= 15 is 0 Å². The molecule has 10 heteroatoms. The lowest BCUT2D eigenvalue weighted by Gasteiger charge is -2.10. The smallest absolute Gasteiger partial charge is 0.325 e. The Morgan fingerprint density at radius 3 is 2.27 bits per heavy atom. The molecule has 3 rings (SSSR count). The highest BCUT2D eigenvalue weighted by Gasteiger charge is 2.17. The molecule has 3 aromatic rings. The number of aryl methyl sites for hydroxylation is 1. The number of urea groups is 1. The first-order chi connectivity index (χ1) is 14.4. The van der Waals surface area contributed by atoms with E-state index in [2.05, 4.69) is 20.9 Å². The summed E-state index contributed by atoms with van der Waals surface area (Å²) in [7, 11) is 3.03. The maximum atomic E-state index is 12.9. The molecular weight excluding hydrogens is 411 g/mol. The Morgan fingerprint density at radius 1 is 0.933 bits per heavy atom. The van der Waals surface area contributed by atoms with Gasteiger partial charge in [0.1, 0.15) is 10.7 Å². The highest BCUT2D eigenvalue weighted by atomic mass is 32.1. The zero-order valence-corrected chi connectivity index (χ0v) is 17.2. The molecule has 1 heterocycles. The average molecular weight is 430 g/mol. The van der Waals surface area contributed by atoms with Crippen LogP contribution < -0.4 is 25.4 Å². The highest BCUT2D eigenvalue weighted by molar-refractivity contribution is 7.17. The number of carbonyl (C=O) groups excluding carboxylic acids is 2. The molecule has 156 valence electrons. The Morgan fingerprint density at radius 2 is 1.60 bits per heavy atom. The molecule has 0 spiro atoms. The van der Waals surface area contributed by atoms with Crippen molar-refractivity contribution >= 4 is 39.8 Å². The van der Waals surface area contributed by atoms with E-state index in [0.717, 1.165) is 11.3 Å². The highest BCUT2D eigenvalue weighted by Crippen LogP contribution is 2.30. The third-order valence-corrected chi connectivity index (χ3v) is 5.04. The first-order valence-electron chi connectivity index (χ1n) is 8.74. The molecule has 8 nitrogen and oxygen atoms in total. The van der Waals surface area contributed by atoms with E-state index in [9.17, 15) is 14.0 Å². The number of hydrogen-bond donors (Lipinski definition) is 3. The van der Waals surface area contributed by atoms with Crippen molar-refractivity contribution in [2.75, 3.05) is 30.2 Å². The van der Waals surface area contributed by atoms with Crippen LogP contribution in [0.2, 0.25) is 0 Å². The van der Waals surface area contributed by atoms with Gasteiger partial charge in [0, 0.05) is 17.4 Å². The van der Waals surface area contributed by atoms with Crippen LogP contribution in [0.1, 0.15) is 15.4 Å². The van der Waals surface area contributed by atoms with Gasteiger partial charge in [-0.05, 0) is 43.3 Å². The molecule has 3 N–H and O–H groups in total. The van der Waals surface area contributed by atoms with Gasteiger partial charge >= 0.3 is 6.03 Å². The van der Waals surface area contributed by atoms with Crippen molar-refractivity contribution in [2.45, 2.75) is 6.92 Å². The maximum absolute atomic E-state index is 12.9. The van der Waals surface area contributed by atoms with Gasteiger partial charge in [-0.15, -0.1) is 0 Å². The summed E-state index contributed by atoms with van der Waals surface area (Å²) < 4.78 is 23.4. The van der Waals surface area contributed by atoms with Crippen LogP contribution in [-0.4, -0.2) is 31.1 Å². The number of carbonyl (C=O) groups is 2. The second-order valence-electron chi connectivity index (χ2n) is 6.04. The van der Waals surface area contributed by atoms with Crippen LogP contribution in [0.3, 0.4) is 0 Å². The van der Waals surface area contributed by atoms with E-state index in [4.69, 9.17) is 9.47 Å². The lowest BCUT2D eigenvalue weighted by molar-refractivity contribution is 0.102. The Bertz CT molecular complexity index is 1070. The summed E-state index contributed by atoms with van der Waals surface area (Å²) in [5.41, 5.74) is 1.41. The van der Waals surface area contributed by atoms with E-state index in [1.807, 2.05) is 0 Å². The van der Waals surface area contributed by atoms with Crippen molar-refractivity contribution in [3.63, 3.8) is 0 Å². The maximum Gasteiger partial charge on any atom is 0.325 e. The molecule has 0 atom stereocenters. The van der Waals surface area contributed by atoms with Crippen molar-refractivity contribution in [3.05, 3.63) is 58.9 Å². The number of methoxy groups -OCH3 is 2. The molecule has 0 aliphatic heterocycles. The van der Waals surface area contributed by atoms with Gasteiger partial charge in [0.15, 0.2) is 16.6 Å². The minimum atomic E-state index is -0.554. The molecule has 3 amide bonds. The van der Waals surface area contributed by atoms with E-state index in [1.54, 1.807) is 25.1 Å². The van der Waals surface area contributed by atoms with E-state index in [0.29, 0.717) is 33.4 Å². The van der Waals surface area contributed by atoms with Gasteiger partial charge in [-0.1, -0.05) is 11.3 Å². The number of ether oxygens (including phenoxy) is 2. The van der Waals surface area contributed by atoms with Gasteiger partial charge < -0.3 is 20.1 Å². The molecule has 0 unspecified atom stereocenters. The van der Waals surface area contributed by atoms with Crippen LogP contribution in [0, 0.1) is 12.7 Å². The molecule has 0 radical (unpaired) electrons. The molecule has 0 aliphatic rings. The molecule has 0 saturated heterocycles. The van der Waals surface area contributed by atoms with Crippen molar-refractivity contribution in [1.29, 1.82) is 0 Å². The van der Waals surface area contributed by atoms with Gasteiger partial charge in [0.25, 0.3) is 5.91 Å². The Balaban J connectivity index is 1.67. The Hall–Kier alpha value is -3.66. The second kappa shape index (κ2) is 9.23. The number of hydrogen-bond acceptors (Lipinski definition) is 6. The molecule has 0 aliphatic carbocycles. The number of halogens is 1. The van der Waals surface area contributed by atoms with Crippen LogP contribution in [0.15, 0.2) is 42.5 Å². The normalized spacial score (nSPS) is 10.3. The van der Waals surface area contributed by atoms with Crippen LogP contribution in [0.25, 0.3) is 0 Å². The molecule has 0 fully saturated rings. The summed E-state index contributed by atoms with van der Waals surface area (Å²) in [6.45, 7) is 1.67. The van der Waals surface area contributed by atoms with Crippen molar-refractivity contribution < 1.29 is 23.5 Å². The monoisotopic (exact) mass is 430 g/mol. The predicted molar refractivity (Wildman–Crippen MR) is 113 cm³/mol. The molecule has 0 bridgehead atoms. The zero-order valence-electron chi connectivity index (χ0n) is 16.4. The molecule has 0 saturated carbocycles. The summed E-state index contributed by atoms with van der Waals surface area (Å²) in [5.74, 6) is 0.255. The van der Waals surface area contributed by atoms with Crippen LogP contribution >= 0.6 is 11.3 Å². The first-order valence-corrected chi connectivity index (χ1v) is 9.55. The first kappa shape index (κ1) is 21.1. The summed E-state index contributed by atoms with van der Waals surface area (Å²) >= 11 is 1.03. The molecule has 30 heavy (non-hydrogen) atoms. The summed E-state index contributed by atoms with van der Waals surface area (Å²) in [6.07, 6.45) is 0. The van der Waals surface area contributed by atoms with E-state index in [1.165, 1.54) is 38.5 Å². The number of benzene rings is 2. The fraction of sp³-hybridized carbons (Fsp3) is 0.150. The van der Waals surface area contributed by atoms with Gasteiger partial charge in [0.2, 0.25) is 0 Å². The van der Waals surface area contributed by atoms with Gasteiger partial charge in [-0.3, -0.25) is 10.1 Å². The fourth-order valence-electron chi connectivity index (χ4n) is 2.56. The van der Waals surface area contributed by atoms with Gasteiger partial charge in [-0.2, -0.15) is 0 Å². The standard InChI is InChI=1S/C20H19FN4O4S/c1-11-17(18(26)23-14-8-9-15(28-2)16(10-14)29-3)30-20(22-11)25-19(27)24-13-6-4-12(21)5-7-13/h4-10H,1-3H3,(H,23,26)(H2,22,24,25,27). The lowest BCUT2D eigenvalue weighted by atomic mass is 10.2. The van der Waals surface area contributed by atoms with Gasteiger partial charge in [0.05, 0.1) is 19.9 Å². The quantitative estimate of drug-likeness (QED) is 0.534. The number of nitrogens with zero attached hydrogens (tertiary/aromatic N) is 1. The fourth-order valence-corrected chi connectivity index (χ4v) is 3.41. The number of rotatable bonds is 6. The SMILES string of the molecule is COc1ccc(NC(=O)c2sc(NC(=O)Nc3ccc(F)cc3)nc2C)cc1OC. The summed E-state index contributed by atoms with van der Waals surface area (Å²) in [5, 5.41) is 8.15. The van der Waals surface area contributed by atoms with Crippen molar-refractivity contribution in [2.24, 2.45) is 0 Å². The van der Waals surface area contributed by atoms with Crippen LogP contribution in [0.4, 0.5) is 25.7 Å². The van der Waals surface area contributed by atoms with Crippen molar-refractivity contribution in [3.8, 4) is 11.5 Å². The summed E-state index contributed by atoms with van der Waals surface area (Å²) in [4.78, 5) is 29.3. The third-order valence-electron chi connectivity index (χ3n) is 3.97. The topological polar surface area (TPSA) is 102 Å². The van der Waals surface area contributed by atoms with Crippen LogP contribution in [-0.2, 0) is 0 Å². The van der Waals surface area contributed by atoms with Crippen molar-refractivity contribution in [1.82, 2.24) is 4.98 Å². The van der Waals surface area contributed by atoms with E-state index in [-0.39, 0.29) is 11.0 Å². The number of nitrogens with one attached hydrogen (secondary N) is 3. The van der Waals surface area contributed by atoms with Gasteiger partial charge in [-0.25, -0.2) is 14.2 Å². The number of aromatic nitrogens is 1. The zero-order chi connectivity index (χ0) is 21.7. The van der Waals surface area contributed by atoms with E-state index < -0.39 is 11.8 Å². The number of anilines is 3. The Labute approximate surface area is 176 Å². The number of amides is 3. The molecular formula is C20H19FN4O4S. The molecule has 1 aromatic heterocycles.